The first-order chi connectivity index (χ1) is 9.29. The van der Waals surface area contributed by atoms with Crippen LogP contribution < -0.4 is 0 Å². The minimum Gasteiger partial charge on any atom is -0.393 e. The summed E-state index contributed by atoms with van der Waals surface area (Å²) in [5.41, 5.74) is 0. The second-order valence-electron chi connectivity index (χ2n) is 6.04. The van der Waals surface area contributed by atoms with Gasteiger partial charge in [-0.15, -0.1) is 0 Å². The lowest BCUT2D eigenvalue weighted by Gasteiger charge is -2.29. The summed E-state index contributed by atoms with van der Waals surface area (Å²) in [5, 5.41) is 0.455. The molecule has 0 aliphatic rings. The highest BCUT2D eigenvalue weighted by Crippen LogP contribution is 2.20. The van der Waals surface area contributed by atoms with Crippen molar-refractivity contribution in [3.8, 4) is 0 Å². The van der Waals surface area contributed by atoms with Gasteiger partial charge in [-0.2, -0.15) is 12.6 Å². The molecule has 0 fully saturated rings. The van der Waals surface area contributed by atoms with E-state index in [0.29, 0.717) is 5.25 Å². The third kappa shape index (κ3) is 11.1. The quantitative estimate of drug-likeness (QED) is 0.440. The fraction of sp³-hybridized carbons (Fsp3) is 1.00. The van der Waals surface area contributed by atoms with Crippen molar-refractivity contribution in [3.63, 3.8) is 0 Å². The largest absolute Gasteiger partial charge is 0.393 e. The molecule has 1 unspecified atom stereocenters. The standard InChI is InChI=1S/C14H34N2O2SSi/c1-7-14(19)8-13-20(6,17-11-9-15(2)3)18-12-10-16(4)5/h14,19H,7-13H2,1-6H3. The first-order valence-electron chi connectivity index (χ1n) is 7.54. The summed E-state index contributed by atoms with van der Waals surface area (Å²) in [6, 6.07) is 1.02. The molecule has 4 nitrogen and oxygen atoms in total. The van der Waals surface area contributed by atoms with Crippen LogP contribution in [0.15, 0.2) is 0 Å². The molecule has 0 radical (unpaired) electrons. The minimum atomic E-state index is -2.06. The van der Waals surface area contributed by atoms with E-state index in [-0.39, 0.29) is 0 Å². The van der Waals surface area contributed by atoms with E-state index in [9.17, 15) is 0 Å². The summed E-state index contributed by atoms with van der Waals surface area (Å²) in [4.78, 5) is 4.28. The molecule has 0 spiro atoms. The molecule has 0 N–H and O–H groups in total. The maximum absolute atomic E-state index is 6.14. The molecule has 0 rings (SSSR count). The van der Waals surface area contributed by atoms with Crippen LogP contribution in [0.3, 0.4) is 0 Å². The highest BCUT2D eigenvalue weighted by molar-refractivity contribution is 7.80. The monoisotopic (exact) mass is 322 g/mol. The lowest BCUT2D eigenvalue weighted by atomic mass is 10.3. The van der Waals surface area contributed by atoms with E-state index in [1.165, 1.54) is 0 Å². The van der Waals surface area contributed by atoms with Gasteiger partial charge >= 0.3 is 8.56 Å². The maximum atomic E-state index is 6.14. The molecule has 0 bridgehead atoms. The van der Waals surface area contributed by atoms with E-state index in [4.69, 9.17) is 8.85 Å². The van der Waals surface area contributed by atoms with Crippen LogP contribution in [-0.2, 0) is 8.85 Å². The highest BCUT2D eigenvalue weighted by atomic mass is 32.1. The molecule has 122 valence electrons. The fourth-order valence-electron chi connectivity index (χ4n) is 1.71. The van der Waals surface area contributed by atoms with Crippen LogP contribution in [0.1, 0.15) is 19.8 Å². The van der Waals surface area contributed by atoms with Crippen LogP contribution in [0.2, 0.25) is 12.6 Å². The van der Waals surface area contributed by atoms with E-state index in [0.717, 1.165) is 45.2 Å². The molecule has 0 saturated heterocycles. The van der Waals surface area contributed by atoms with Crippen molar-refractivity contribution in [3.05, 3.63) is 0 Å². The number of thiol groups is 1. The fourth-order valence-corrected chi connectivity index (χ4v) is 4.37. The van der Waals surface area contributed by atoms with Gasteiger partial charge in [0, 0.05) is 31.6 Å². The number of likely N-dealkylation sites (N-methyl/N-ethyl adjacent to an activating group) is 2. The van der Waals surface area contributed by atoms with Gasteiger partial charge in [-0.25, -0.2) is 0 Å². The molecule has 0 aliphatic heterocycles. The van der Waals surface area contributed by atoms with Gasteiger partial charge in [-0.3, -0.25) is 0 Å². The van der Waals surface area contributed by atoms with Crippen LogP contribution >= 0.6 is 12.6 Å². The molecular formula is C14H34N2O2SSi. The summed E-state index contributed by atoms with van der Waals surface area (Å²) in [6.07, 6.45) is 2.18. The topological polar surface area (TPSA) is 24.9 Å². The lowest BCUT2D eigenvalue weighted by Crippen LogP contribution is -2.42. The van der Waals surface area contributed by atoms with Crippen molar-refractivity contribution in [2.45, 2.75) is 37.6 Å². The molecule has 0 aromatic heterocycles. The molecule has 0 heterocycles. The predicted octanol–water partition coefficient (Wildman–Crippen LogP) is 2.31. The Morgan fingerprint density at radius 2 is 1.45 bits per heavy atom. The molecule has 0 amide bonds. The normalized spacial score (nSPS) is 14.2. The Hall–Kier alpha value is 0.407. The SMILES string of the molecule is CCC(S)CC[Si](C)(OCCN(C)C)OCCN(C)C. The second-order valence-corrected chi connectivity index (χ2v) is 10.1. The summed E-state index contributed by atoms with van der Waals surface area (Å²) in [6.45, 7) is 7.75. The number of hydrogen-bond acceptors (Lipinski definition) is 5. The zero-order valence-electron chi connectivity index (χ0n) is 14.2. The summed E-state index contributed by atoms with van der Waals surface area (Å²) >= 11 is 4.58. The van der Waals surface area contributed by atoms with Crippen LogP contribution in [-0.4, -0.2) is 78.1 Å². The molecule has 0 saturated carbocycles. The number of hydrogen-bond donors (Lipinski definition) is 1. The average molecular weight is 323 g/mol. The van der Waals surface area contributed by atoms with Crippen molar-refractivity contribution < 1.29 is 8.85 Å². The smallest absolute Gasteiger partial charge is 0.335 e. The Morgan fingerprint density at radius 1 is 1.00 bits per heavy atom. The molecule has 6 heteroatoms. The Morgan fingerprint density at radius 3 is 1.80 bits per heavy atom. The second kappa shape index (κ2) is 11.0. The van der Waals surface area contributed by atoms with Crippen molar-refractivity contribution in [1.82, 2.24) is 9.80 Å². The summed E-state index contributed by atoms with van der Waals surface area (Å²) in [7, 11) is 6.20. The first-order valence-corrected chi connectivity index (χ1v) is 10.6. The maximum Gasteiger partial charge on any atom is 0.335 e. The average Bonchev–Trinajstić information content (AvgIpc) is 2.35. The van der Waals surface area contributed by atoms with E-state index in [1.54, 1.807) is 0 Å². The van der Waals surface area contributed by atoms with Crippen molar-refractivity contribution in [2.75, 3.05) is 54.5 Å². The number of nitrogens with zero attached hydrogens (tertiary/aromatic N) is 2. The van der Waals surface area contributed by atoms with Crippen LogP contribution in [0.5, 0.6) is 0 Å². The Balaban J connectivity index is 4.25. The molecule has 0 aromatic carbocycles. The zero-order valence-corrected chi connectivity index (χ0v) is 16.1. The van der Waals surface area contributed by atoms with Gasteiger partial charge in [0.2, 0.25) is 0 Å². The summed E-state index contributed by atoms with van der Waals surface area (Å²) < 4.78 is 12.3. The van der Waals surface area contributed by atoms with E-state index in [2.05, 4.69) is 64.1 Å². The third-order valence-corrected chi connectivity index (χ3v) is 6.74. The van der Waals surface area contributed by atoms with Crippen molar-refractivity contribution in [2.24, 2.45) is 0 Å². The highest BCUT2D eigenvalue weighted by Gasteiger charge is 2.31. The van der Waals surface area contributed by atoms with Crippen molar-refractivity contribution in [1.29, 1.82) is 0 Å². The molecular weight excluding hydrogens is 288 g/mol. The molecule has 1 atom stereocenters. The minimum absolute atomic E-state index is 0.455. The molecule has 0 aromatic rings. The van der Waals surface area contributed by atoms with E-state index in [1.807, 2.05) is 0 Å². The summed E-state index contributed by atoms with van der Waals surface area (Å²) in [5.74, 6) is 0. The van der Waals surface area contributed by atoms with Crippen molar-refractivity contribution >= 4 is 21.2 Å². The van der Waals surface area contributed by atoms with Gasteiger partial charge in [0.05, 0.1) is 0 Å². The van der Waals surface area contributed by atoms with E-state index >= 15 is 0 Å². The van der Waals surface area contributed by atoms with Gasteiger partial charge in [-0.05, 0) is 53.6 Å². The van der Waals surface area contributed by atoms with Crippen LogP contribution in [0, 0.1) is 0 Å². The van der Waals surface area contributed by atoms with Crippen LogP contribution in [0.25, 0.3) is 0 Å². The Kier molecular flexibility index (Phi) is 11.3. The van der Waals surface area contributed by atoms with Crippen LogP contribution in [0.4, 0.5) is 0 Å². The Bertz CT molecular complexity index is 229. The van der Waals surface area contributed by atoms with Gasteiger partial charge in [0.25, 0.3) is 0 Å². The lowest BCUT2D eigenvalue weighted by molar-refractivity contribution is 0.149. The van der Waals surface area contributed by atoms with Gasteiger partial charge < -0.3 is 18.7 Å². The number of rotatable bonds is 12. The Labute approximate surface area is 132 Å². The molecule has 20 heavy (non-hydrogen) atoms. The predicted molar refractivity (Wildman–Crippen MR) is 93.1 cm³/mol. The first kappa shape index (κ1) is 20.4. The van der Waals surface area contributed by atoms with Gasteiger partial charge in [0.15, 0.2) is 0 Å². The zero-order chi connectivity index (χ0) is 15.6. The third-order valence-electron chi connectivity index (χ3n) is 3.29. The van der Waals surface area contributed by atoms with Gasteiger partial charge in [-0.1, -0.05) is 6.92 Å². The van der Waals surface area contributed by atoms with E-state index < -0.39 is 8.56 Å². The van der Waals surface area contributed by atoms with Gasteiger partial charge in [0.1, 0.15) is 0 Å². The molecule has 0 aliphatic carbocycles.